The minimum absolute atomic E-state index is 0.00138. The molecule has 0 aromatic rings. The van der Waals surface area contributed by atoms with Gasteiger partial charge in [-0.25, -0.2) is 0 Å². The number of aliphatic hydroxyl groups excluding tert-OH is 2. The van der Waals surface area contributed by atoms with E-state index in [1.54, 1.807) is 6.92 Å². The third-order valence-corrected chi connectivity index (χ3v) is 2.79. The first kappa shape index (κ1) is 12.3. The van der Waals surface area contributed by atoms with Crippen LogP contribution in [0, 0.1) is 0 Å². The number of aliphatic hydroxyl groups is 2. The van der Waals surface area contributed by atoms with E-state index in [4.69, 9.17) is 14.2 Å². The Morgan fingerprint density at radius 2 is 2.00 bits per heavy atom. The van der Waals surface area contributed by atoms with Crippen molar-refractivity contribution in [2.75, 3.05) is 13.7 Å². The monoisotopic (exact) mass is 226 g/mol. The smallest absolute Gasteiger partial charge is 0.329 e. The lowest BCUT2D eigenvalue weighted by Crippen LogP contribution is -2.33. The van der Waals surface area contributed by atoms with E-state index < -0.39 is 33.0 Å². The van der Waals surface area contributed by atoms with Crippen LogP contribution in [-0.2, 0) is 13.8 Å². The van der Waals surface area contributed by atoms with Crippen LogP contribution in [-0.4, -0.2) is 53.2 Å². The van der Waals surface area contributed by atoms with E-state index in [-0.39, 0.29) is 6.61 Å². The third kappa shape index (κ3) is 2.84. The third-order valence-electron chi connectivity index (χ3n) is 2.11. The Bertz CT molecular complexity index is 180. The molecule has 0 amide bonds. The Hall–Kier alpha value is 0.190. The molecule has 1 fully saturated rings. The van der Waals surface area contributed by atoms with Crippen LogP contribution in [0.5, 0.6) is 0 Å². The maximum absolute atomic E-state index is 9.44. The molecule has 3 N–H and O–H groups in total. The fourth-order valence-electron chi connectivity index (χ4n) is 1.26. The van der Waals surface area contributed by atoms with Crippen LogP contribution in [0.3, 0.4) is 0 Å². The molecule has 0 aromatic carbocycles. The van der Waals surface area contributed by atoms with Gasteiger partial charge in [0.1, 0.15) is 18.3 Å². The quantitative estimate of drug-likeness (QED) is 0.553. The van der Waals surface area contributed by atoms with Crippen molar-refractivity contribution in [1.82, 2.24) is 0 Å². The largest absolute Gasteiger partial charge is 0.388 e. The lowest BCUT2D eigenvalue weighted by Gasteiger charge is -2.15. The molecule has 0 aromatic heterocycles. The fourth-order valence-corrected chi connectivity index (χ4v) is 1.64. The predicted octanol–water partition coefficient (Wildman–Crippen LogP) is -0.622. The van der Waals surface area contributed by atoms with Gasteiger partial charge >= 0.3 is 8.60 Å². The van der Waals surface area contributed by atoms with Crippen LogP contribution in [0.4, 0.5) is 0 Å². The summed E-state index contributed by atoms with van der Waals surface area (Å²) in [5.74, 6) is 0. The van der Waals surface area contributed by atoms with Crippen molar-refractivity contribution < 1.29 is 28.9 Å². The van der Waals surface area contributed by atoms with Crippen molar-refractivity contribution in [3.63, 3.8) is 0 Å². The Kier molecular flexibility index (Phi) is 4.66. The van der Waals surface area contributed by atoms with Gasteiger partial charge in [0, 0.05) is 7.11 Å². The molecule has 1 unspecified atom stereocenters. The molecule has 1 aliphatic heterocycles. The van der Waals surface area contributed by atoms with E-state index in [0.717, 1.165) is 0 Å². The molecule has 0 saturated carbocycles. The summed E-state index contributed by atoms with van der Waals surface area (Å²) in [6.45, 7) is 1.66. The first-order chi connectivity index (χ1) is 6.56. The van der Waals surface area contributed by atoms with Gasteiger partial charge in [0.15, 0.2) is 0 Å². The molecule has 6 nitrogen and oxygen atoms in total. The summed E-state index contributed by atoms with van der Waals surface area (Å²) in [6, 6.07) is 0. The zero-order valence-corrected chi connectivity index (χ0v) is 8.92. The van der Waals surface area contributed by atoms with Crippen LogP contribution in [0.25, 0.3) is 0 Å². The summed E-state index contributed by atoms with van der Waals surface area (Å²) in [6.07, 6.45) is -2.93. The highest BCUT2D eigenvalue weighted by Gasteiger charge is 2.40. The molecule has 1 aliphatic rings. The maximum atomic E-state index is 9.44. The Balaban J connectivity index is 2.32. The Morgan fingerprint density at radius 1 is 1.36 bits per heavy atom. The van der Waals surface area contributed by atoms with Gasteiger partial charge in [0.05, 0.1) is 12.7 Å². The SMILES string of the molecule is COP(O)OC[C@H]1O[C@@H](C)[C@H](O)[C@@H]1O. The van der Waals surface area contributed by atoms with Crippen molar-refractivity contribution >= 4 is 8.60 Å². The average molecular weight is 226 g/mol. The standard InChI is InChI=1S/C7H15O6P/c1-4-6(8)7(9)5(13-4)3-12-14(10)11-2/h4-10H,3H2,1-2H3/t4-,5+,6-,7+,14?/m0/s1. The Labute approximate surface area is 83.4 Å². The fraction of sp³-hybridized carbons (Fsp3) is 1.00. The molecule has 84 valence electrons. The second-order valence-electron chi connectivity index (χ2n) is 3.08. The van der Waals surface area contributed by atoms with Gasteiger partial charge in [-0.1, -0.05) is 0 Å². The van der Waals surface area contributed by atoms with Gasteiger partial charge in [0.25, 0.3) is 0 Å². The van der Waals surface area contributed by atoms with Crippen LogP contribution >= 0.6 is 8.60 Å². The zero-order valence-electron chi connectivity index (χ0n) is 8.03. The van der Waals surface area contributed by atoms with Gasteiger partial charge in [-0.15, -0.1) is 0 Å². The van der Waals surface area contributed by atoms with Crippen LogP contribution in [0.2, 0.25) is 0 Å². The molecule has 5 atom stereocenters. The van der Waals surface area contributed by atoms with Crippen molar-refractivity contribution in [3.05, 3.63) is 0 Å². The molecule has 1 rings (SSSR count). The summed E-state index contributed by atoms with van der Waals surface area (Å²) in [7, 11) is -0.600. The van der Waals surface area contributed by atoms with E-state index >= 15 is 0 Å². The number of hydrogen-bond acceptors (Lipinski definition) is 6. The summed E-state index contributed by atoms with van der Waals surface area (Å²) < 4.78 is 14.5. The van der Waals surface area contributed by atoms with Gasteiger partial charge in [-0.3, -0.25) is 0 Å². The summed E-state index contributed by atoms with van der Waals surface area (Å²) >= 11 is 0. The van der Waals surface area contributed by atoms with E-state index in [9.17, 15) is 10.2 Å². The predicted molar refractivity (Wildman–Crippen MR) is 48.4 cm³/mol. The highest BCUT2D eigenvalue weighted by Crippen LogP contribution is 2.33. The molecule has 0 bridgehead atoms. The topological polar surface area (TPSA) is 88.4 Å². The minimum atomic E-state index is -1.91. The van der Waals surface area contributed by atoms with Crippen molar-refractivity contribution in [2.24, 2.45) is 0 Å². The molecule has 14 heavy (non-hydrogen) atoms. The summed E-state index contributed by atoms with van der Waals surface area (Å²) in [5, 5.41) is 18.8. The molecule has 0 radical (unpaired) electrons. The van der Waals surface area contributed by atoms with Crippen molar-refractivity contribution in [1.29, 1.82) is 0 Å². The average Bonchev–Trinajstić information content (AvgIpc) is 2.42. The molecule has 1 saturated heterocycles. The zero-order chi connectivity index (χ0) is 10.7. The molecule has 0 spiro atoms. The van der Waals surface area contributed by atoms with E-state index in [0.29, 0.717) is 0 Å². The first-order valence-corrected chi connectivity index (χ1v) is 5.37. The molecule has 7 heteroatoms. The maximum Gasteiger partial charge on any atom is 0.329 e. The van der Waals surface area contributed by atoms with Crippen LogP contribution in [0.1, 0.15) is 6.92 Å². The normalized spacial score (nSPS) is 40.1. The van der Waals surface area contributed by atoms with Gasteiger partial charge < -0.3 is 28.9 Å². The van der Waals surface area contributed by atoms with Crippen LogP contribution in [0.15, 0.2) is 0 Å². The number of ether oxygens (including phenoxy) is 1. The summed E-state index contributed by atoms with van der Waals surface area (Å²) in [4.78, 5) is 8.96. The minimum Gasteiger partial charge on any atom is -0.388 e. The Morgan fingerprint density at radius 3 is 2.43 bits per heavy atom. The number of hydrogen-bond donors (Lipinski definition) is 3. The van der Waals surface area contributed by atoms with Crippen molar-refractivity contribution in [3.8, 4) is 0 Å². The van der Waals surface area contributed by atoms with Gasteiger partial charge in [-0.2, -0.15) is 0 Å². The molecular formula is C7H15O6P. The molecule has 1 heterocycles. The molecular weight excluding hydrogens is 211 g/mol. The van der Waals surface area contributed by atoms with E-state index in [2.05, 4.69) is 4.52 Å². The second kappa shape index (κ2) is 5.32. The highest BCUT2D eigenvalue weighted by atomic mass is 31.2. The van der Waals surface area contributed by atoms with Gasteiger partial charge in [-0.05, 0) is 6.92 Å². The van der Waals surface area contributed by atoms with Crippen molar-refractivity contribution in [2.45, 2.75) is 31.3 Å². The van der Waals surface area contributed by atoms with Crippen LogP contribution < -0.4 is 0 Å². The lowest BCUT2D eigenvalue weighted by molar-refractivity contribution is -0.0139. The lowest BCUT2D eigenvalue weighted by atomic mass is 10.1. The summed E-state index contributed by atoms with van der Waals surface area (Å²) in [5.41, 5.74) is 0. The molecule has 0 aliphatic carbocycles. The van der Waals surface area contributed by atoms with Gasteiger partial charge in [0.2, 0.25) is 0 Å². The first-order valence-electron chi connectivity index (χ1n) is 4.24. The second-order valence-corrected chi connectivity index (χ2v) is 4.18. The van der Waals surface area contributed by atoms with E-state index in [1.807, 2.05) is 0 Å². The highest BCUT2D eigenvalue weighted by molar-refractivity contribution is 7.40. The van der Waals surface area contributed by atoms with E-state index in [1.165, 1.54) is 7.11 Å². The number of rotatable bonds is 4.